The van der Waals surface area contributed by atoms with E-state index in [2.05, 4.69) is 15.3 Å². The molecule has 0 bridgehead atoms. The topological polar surface area (TPSA) is 49.9 Å². The fourth-order valence-corrected chi connectivity index (χ4v) is 2.11. The van der Waals surface area contributed by atoms with E-state index in [-0.39, 0.29) is 6.04 Å². The number of hydrogen-bond donors (Lipinski definition) is 2. The Balaban J connectivity index is 1.97. The summed E-state index contributed by atoms with van der Waals surface area (Å²) in [4.78, 5) is 7.58. The van der Waals surface area contributed by atoms with E-state index >= 15 is 0 Å². The molecule has 4 nitrogen and oxygen atoms in total. The summed E-state index contributed by atoms with van der Waals surface area (Å²) < 4.78 is 5.43. The number of fused-ring (bicyclic) bond motifs is 1. The molecule has 0 aromatic carbocycles. The first-order valence-electron chi connectivity index (χ1n) is 5.28. The quantitative estimate of drug-likeness (QED) is 0.796. The number of rotatable bonds is 1. The molecule has 2 N–H and O–H groups in total. The van der Waals surface area contributed by atoms with Gasteiger partial charge in [-0.05, 0) is 12.1 Å². The molecule has 1 saturated heterocycles. The molecule has 0 spiro atoms. The van der Waals surface area contributed by atoms with Crippen molar-refractivity contribution in [3.05, 3.63) is 29.0 Å². The van der Waals surface area contributed by atoms with E-state index in [0.29, 0.717) is 11.6 Å². The molecule has 0 amide bonds. The molecule has 0 aliphatic carbocycles. The van der Waals surface area contributed by atoms with Crippen molar-refractivity contribution >= 4 is 22.6 Å². The molecule has 2 aromatic heterocycles. The third kappa shape index (κ3) is 1.80. The number of ether oxygens (including phenoxy) is 1. The molecule has 3 heterocycles. The Labute approximate surface area is 98.0 Å². The molecule has 2 aromatic rings. The van der Waals surface area contributed by atoms with Crippen LogP contribution >= 0.6 is 11.6 Å². The van der Waals surface area contributed by atoms with E-state index in [4.69, 9.17) is 16.3 Å². The molecule has 1 fully saturated rings. The zero-order chi connectivity index (χ0) is 11.0. The summed E-state index contributed by atoms with van der Waals surface area (Å²) in [5.41, 5.74) is 3.01. The van der Waals surface area contributed by atoms with Crippen LogP contribution in [0.2, 0.25) is 5.02 Å². The molecule has 0 radical (unpaired) electrons. The minimum atomic E-state index is 0.224. The smallest absolute Gasteiger partial charge is 0.0883 e. The number of morpholine rings is 1. The summed E-state index contributed by atoms with van der Waals surface area (Å²) in [5.74, 6) is 0. The van der Waals surface area contributed by atoms with Crippen LogP contribution in [0.25, 0.3) is 11.0 Å². The Morgan fingerprint density at radius 1 is 1.44 bits per heavy atom. The summed E-state index contributed by atoms with van der Waals surface area (Å²) in [5, 5.41) is 4.04. The molecular weight excluding hydrogens is 226 g/mol. The van der Waals surface area contributed by atoms with Gasteiger partial charge in [-0.15, -0.1) is 0 Å². The van der Waals surface area contributed by atoms with Gasteiger partial charge in [-0.3, -0.25) is 4.98 Å². The lowest BCUT2D eigenvalue weighted by atomic mass is 10.2. The molecule has 5 heteroatoms. The van der Waals surface area contributed by atoms with Crippen molar-refractivity contribution in [1.29, 1.82) is 0 Å². The van der Waals surface area contributed by atoms with Crippen LogP contribution in [0, 0.1) is 0 Å². The number of aromatic nitrogens is 2. The highest BCUT2D eigenvalue weighted by Gasteiger charge is 2.17. The molecule has 3 rings (SSSR count). The van der Waals surface area contributed by atoms with Crippen LogP contribution in [0.4, 0.5) is 0 Å². The first-order chi connectivity index (χ1) is 7.83. The van der Waals surface area contributed by atoms with Crippen molar-refractivity contribution in [3.63, 3.8) is 0 Å². The second-order valence-corrected chi connectivity index (χ2v) is 4.33. The van der Waals surface area contributed by atoms with Crippen LogP contribution in [0.3, 0.4) is 0 Å². The van der Waals surface area contributed by atoms with Gasteiger partial charge in [-0.25, -0.2) is 0 Å². The molecule has 1 aliphatic heterocycles. The lowest BCUT2D eigenvalue weighted by Gasteiger charge is -2.22. The van der Waals surface area contributed by atoms with Gasteiger partial charge in [0, 0.05) is 18.4 Å². The molecule has 0 saturated carbocycles. The highest BCUT2D eigenvalue weighted by Crippen LogP contribution is 2.22. The normalized spacial score (nSPS) is 21.4. The summed E-state index contributed by atoms with van der Waals surface area (Å²) >= 11 is 5.89. The second-order valence-electron chi connectivity index (χ2n) is 3.89. The highest BCUT2D eigenvalue weighted by atomic mass is 35.5. The minimum Gasteiger partial charge on any atom is -0.378 e. The molecular formula is C11H12ClN3O. The number of aromatic amines is 1. The van der Waals surface area contributed by atoms with Crippen LogP contribution in [0.5, 0.6) is 0 Å². The average molecular weight is 238 g/mol. The van der Waals surface area contributed by atoms with Crippen molar-refractivity contribution in [2.24, 2.45) is 0 Å². The first kappa shape index (κ1) is 10.1. The van der Waals surface area contributed by atoms with Gasteiger partial charge < -0.3 is 15.0 Å². The van der Waals surface area contributed by atoms with E-state index in [1.54, 1.807) is 6.20 Å². The summed E-state index contributed by atoms with van der Waals surface area (Å²) in [7, 11) is 0. The predicted molar refractivity (Wildman–Crippen MR) is 62.7 cm³/mol. The van der Waals surface area contributed by atoms with Gasteiger partial charge in [0.05, 0.1) is 35.3 Å². The SMILES string of the molecule is Clc1cnc2cc(C3COCCN3)[nH]c2c1. The number of hydrogen-bond acceptors (Lipinski definition) is 3. The number of halogens is 1. The zero-order valence-electron chi connectivity index (χ0n) is 8.66. The van der Waals surface area contributed by atoms with E-state index in [9.17, 15) is 0 Å². The van der Waals surface area contributed by atoms with E-state index in [1.165, 1.54) is 0 Å². The van der Waals surface area contributed by atoms with Gasteiger partial charge in [0.1, 0.15) is 0 Å². The summed E-state index contributed by atoms with van der Waals surface area (Å²) in [6.45, 7) is 2.36. The van der Waals surface area contributed by atoms with Gasteiger partial charge in [0.2, 0.25) is 0 Å². The second kappa shape index (κ2) is 4.05. The molecule has 1 aliphatic rings. The number of nitrogens with one attached hydrogen (secondary N) is 2. The fourth-order valence-electron chi connectivity index (χ4n) is 1.96. The van der Waals surface area contributed by atoms with Gasteiger partial charge in [0.25, 0.3) is 0 Å². The minimum absolute atomic E-state index is 0.224. The van der Waals surface area contributed by atoms with Crippen LogP contribution in [0.1, 0.15) is 11.7 Å². The molecule has 16 heavy (non-hydrogen) atoms. The highest BCUT2D eigenvalue weighted by molar-refractivity contribution is 6.31. The number of H-pyrrole nitrogens is 1. The lowest BCUT2D eigenvalue weighted by Crippen LogP contribution is -2.34. The third-order valence-corrected chi connectivity index (χ3v) is 2.96. The maximum Gasteiger partial charge on any atom is 0.0883 e. The van der Waals surface area contributed by atoms with Gasteiger partial charge in [0.15, 0.2) is 0 Å². The zero-order valence-corrected chi connectivity index (χ0v) is 9.42. The standard InChI is InChI=1S/C11H12ClN3O/c12-7-3-9-8(14-5-7)4-10(15-9)11-6-16-2-1-13-11/h3-5,11,13,15H,1-2,6H2. The van der Waals surface area contributed by atoms with Crippen LogP contribution < -0.4 is 5.32 Å². The first-order valence-corrected chi connectivity index (χ1v) is 5.66. The lowest BCUT2D eigenvalue weighted by molar-refractivity contribution is 0.0758. The fraction of sp³-hybridized carbons (Fsp3) is 0.364. The Morgan fingerprint density at radius 3 is 3.19 bits per heavy atom. The van der Waals surface area contributed by atoms with Crippen LogP contribution in [-0.2, 0) is 4.74 Å². The number of pyridine rings is 1. The summed E-state index contributed by atoms with van der Waals surface area (Å²) in [6.07, 6.45) is 1.66. The van der Waals surface area contributed by atoms with E-state index in [0.717, 1.165) is 29.9 Å². The van der Waals surface area contributed by atoms with Crippen LogP contribution in [-0.4, -0.2) is 29.7 Å². The third-order valence-electron chi connectivity index (χ3n) is 2.75. The van der Waals surface area contributed by atoms with Crippen molar-refractivity contribution in [2.75, 3.05) is 19.8 Å². The Hall–Kier alpha value is -1.10. The van der Waals surface area contributed by atoms with Gasteiger partial charge in [-0.1, -0.05) is 11.6 Å². The van der Waals surface area contributed by atoms with Crippen molar-refractivity contribution in [2.45, 2.75) is 6.04 Å². The van der Waals surface area contributed by atoms with Crippen molar-refractivity contribution in [1.82, 2.24) is 15.3 Å². The maximum absolute atomic E-state index is 5.89. The maximum atomic E-state index is 5.89. The van der Waals surface area contributed by atoms with E-state index in [1.807, 2.05) is 12.1 Å². The Bertz CT molecular complexity index is 505. The largest absolute Gasteiger partial charge is 0.378 e. The Kier molecular flexibility index (Phi) is 2.55. The van der Waals surface area contributed by atoms with E-state index < -0.39 is 0 Å². The summed E-state index contributed by atoms with van der Waals surface area (Å²) in [6, 6.07) is 4.15. The number of nitrogens with zero attached hydrogens (tertiary/aromatic N) is 1. The van der Waals surface area contributed by atoms with Crippen molar-refractivity contribution < 1.29 is 4.74 Å². The molecule has 1 atom stereocenters. The van der Waals surface area contributed by atoms with Crippen molar-refractivity contribution in [3.8, 4) is 0 Å². The van der Waals surface area contributed by atoms with Gasteiger partial charge >= 0.3 is 0 Å². The van der Waals surface area contributed by atoms with Gasteiger partial charge in [-0.2, -0.15) is 0 Å². The van der Waals surface area contributed by atoms with Crippen LogP contribution in [0.15, 0.2) is 18.3 Å². The average Bonchev–Trinajstić information content (AvgIpc) is 2.73. The predicted octanol–water partition coefficient (Wildman–Crippen LogP) is 1.88. The molecule has 84 valence electrons. The monoisotopic (exact) mass is 237 g/mol. The molecule has 1 unspecified atom stereocenters. The Morgan fingerprint density at radius 2 is 2.38 bits per heavy atom.